The van der Waals surface area contributed by atoms with Gasteiger partial charge in [-0.05, 0) is 30.4 Å². The number of nitrogens with zero attached hydrogens (tertiary/aromatic N) is 2. The molecule has 0 spiro atoms. The van der Waals surface area contributed by atoms with Crippen LogP contribution < -0.4 is 5.32 Å². The number of carbonyl (C=O) groups excluding carboxylic acids is 1. The molecule has 3 aromatic rings. The van der Waals surface area contributed by atoms with Gasteiger partial charge in [0.1, 0.15) is 0 Å². The van der Waals surface area contributed by atoms with Gasteiger partial charge in [0.25, 0.3) is 0 Å². The van der Waals surface area contributed by atoms with Gasteiger partial charge in [-0.3, -0.25) is 4.79 Å². The minimum atomic E-state index is -0.261. The summed E-state index contributed by atoms with van der Waals surface area (Å²) in [5.41, 5.74) is 2.05. The number of aryl methyl sites for hydroxylation is 1. The highest BCUT2D eigenvalue weighted by Crippen LogP contribution is 2.24. The van der Waals surface area contributed by atoms with Crippen molar-refractivity contribution in [2.24, 2.45) is 0 Å². The molecule has 0 saturated heterocycles. The van der Waals surface area contributed by atoms with Crippen LogP contribution in [0.25, 0.3) is 0 Å². The Morgan fingerprint density at radius 3 is 2.15 bits per heavy atom. The zero-order valence-corrected chi connectivity index (χ0v) is 14.9. The van der Waals surface area contributed by atoms with Crippen LogP contribution in [0.3, 0.4) is 0 Å². The average molecular weight is 347 g/mol. The standard InChI is InChI=1S/C22H25N3O/c26-22(24-14-8-3-9-16-25-17-15-23-18-25)21(19-10-4-1-5-11-19)20-12-6-2-7-13-20/h1-2,4-7,10-13,15,17-18,21H,3,8-9,14,16H2,(H,24,26). The lowest BCUT2D eigenvalue weighted by atomic mass is 9.90. The Morgan fingerprint density at radius 1 is 0.923 bits per heavy atom. The first-order chi connectivity index (χ1) is 12.8. The molecule has 4 heteroatoms. The lowest BCUT2D eigenvalue weighted by Gasteiger charge is -2.18. The van der Waals surface area contributed by atoms with Crippen molar-refractivity contribution in [1.29, 1.82) is 0 Å². The second-order valence-corrected chi connectivity index (χ2v) is 6.41. The van der Waals surface area contributed by atoms with E-state index in [4.69, 9.17) is 0 Å². The van der Waals surface area contributed by atoms with Gasteiger partial charge in [0.2, 0.25) is 5.91 Å². The van der Waals surface area contributed by atoms with Gasteiger partial charge in [-0.2, -0.15) is 0 Å². The summed E-state index contributed by atoms with van der Waals surface area (Å²) >= 11 is 0. The van der Waals surface area contributed by atoms with Crippen LogP contribution in [-0.2, 0) is 11.3 Å². The van der Waals surface area contributed by atoms with Crippen molar-refractivity contribution in [3.63, 3.8) is 0 Å². The number of imidazole rings is 1. The number of hydrogen-bond donors (Lipinski definition) is 1. The molecule has 0 bridgehead atoms. The fourth-order valence-corrected chi connectivity index (χ4v) is 3.11. The fourth-order valence-electron chi connectivity index (χ4n) is 3.11. The number of aromatic nitrogens is 2. The number of nitrogens with one attached hydrogen (secondary N) is 1. The number of amides is 1. The molecule has 0 aliphatic rings. The number of rotatable bonds is 9. The minimum absolute atomic E-state index is 0.0667. The van der Waals surface area contributed by atoms with E-state index in [1.165, 1.54) is 0 Å². The van der Waals surface area contributed by atoms with Crippen LogP contribution in [0.2, 0.25) is 0 Å². The second-order valence-electron chi connectivity index (χ2n) is 6.41. The number of carbonyl (C=O) groups is 1. The third kappa shape index (κ3) is 5.06. The molecule has 0 saturated carbocycles. The van der Waals surface area contributed by atoms with Gasteiger partial charge >= 0.3 is 0 Å². The Labute approximate surface area is 154 Å². The number of benzene rings is 2. The highest BCUT2D eigenvalue weighted by Gasteiger charge is 2.21. The molecule has 0 aliphatic carbocycles. The van der Waals surface area contributed by atoms with E-state index >= 15 is 0 Å². The van der Waals surface area contributed by atoms with Gasteiger partial charge in [-0.1, -0.05) is 60.7 Å². The quantitative estimate of drug-likeness (QED) is 0.595. The molecular weight excluding hydrogens is 322 g/mol. The molecular formula is C22H25N3O. The zero-order chi connectivity index (χ0) is 18.0. The normalized spacial score (nSPS) is 10.8. The summed E-state index contributed by atoms with van der Waals surface area (Å²) in [6.45, 7) is 1.68. The number of unbranched alkanes of at least 4 members (excludes halogenated alkanes) is 2. The van der Waals surface area contributed by atoms with Gasteiger partial charge in [0.15, 0.2) is 0 Å². The summed E-state index contributed by atoms with van der Waals surface area (Å²) in [5.74, 6) is -0.194. The molecule has 3 rings (SSSR count). The van der Waals surface area contributed by atoms with Gasteiger partial charge in [-0.25, -0.2) is 4.98 Å². The van der Waals surface area contributed by atoms with Crippen molar-refractivity contribution in [2.45, 2.75) is 31.7 Å². The molecule has 2 aromatic carbocycles. The Balaban J connectivity index is 1.51. The topological polar surface area (TPSA) is 46.9 Å². The van der Waals surface area contributed by atoms with E-state index in [2.05, 4.69) is 14.9 Å². The molecule has 0 fully saturated rings. The van der Waals surface area contributed by atoms with E-state index in [-0.39, 0.29) is 11.8 Å². The van der Waals surface area contributed by atoms with Crippen LogP contribution in [0.4, 0.5) is 0 Å². The Kier molecular flexibility index (Phi) is 6.59. The van der Waals surface area contributed by atoms with Crippen molar-refractivity contribution in [2.75, 3.05) is 6.54 Å². The van der Waals surface area contributed by atoms with E-state index in [1.807, 2.05) is 73.2 Å². The summed E-state index contributed by atoms with van der Waals surface area (Å²) in [4.78, 5) is 16.9. The molecule has 0 atom stereocenters. The monoisotopic (exact) mass is 347 g/mol. The first kappa shape index (κ1) is 17.9. The summed E-state index contributed by atoms with van der Waals surface area (Å²) in [5, 5.41) is 3.12. The largest absolute Gasteiger partial charge is 0.355 e. The van der Waals surface area contributed by atoms with Gasteiger partial charge in [0, 0.05) is 25.5 Å². The first-order valence-electron chi connectivity index (χ1n) is 9.18. The molecule has 0 unspecified atom stereocenters. The van der Waals surface area contributed by atoms with Gasteiger partial charge in [0.05, 0.1) is 12.2 Å². The highest BCUT2D eigenvalue weighted by molar-refractivity contribution is 5.87. The molecule has 0 aliphatic heterocycles. The van der Waals surface area contributed by atoms with Crippen LogP contribution in [0.5, 0.6) is 0 Å². The maximum atomic E-state index is 12.8. The Hall–Kier alpha value is -2.88. The molecule has 4 nitrogen and oxygen atoms in total. The third-order valence-electron chi connectivity index (χ3n) is 4.48. The molecule has 1 aromatic heterocycles. The van der Waals surface area contributed by atoms with Crippen molar-refractivity contribution < 1.29 is 4.79 Å². The lowest BCUT2D eigenvalue weighted by molar-refractivity contribution is -0.121. The van der Waals surface area contributed by atoms with Gasteiger partial charge in [-0.15, -0.1) is 0 Å². The third-order valence-corrected chi connectivity index (χ3v) is 4.48. The predicted octanol–water partition coefficient (Wildman–Crippen LogP) is 4.00. The summed E-state index contributed by atoms with van der Waals surface area (Å²) in [6.07, 6.45) is 8.77. The zero-order valence-electron chi connectivity index (χ0n) is 14.9. The summed E-state index contributed by atoms with van der Waals surface area (Å²) < 4.78 is 2.08. The lowest BCUT2D eigenvalue weighted by Crippen LogP contribution is -2.30. The van der Waals surface area contributed by atoms with Crippen LogP contribution in [0, 0.1) is 0 Å². The Morgan fingerprint density at radius 2 is 1.58 bits per heavy atom. The molecule has 26 heavy (non-hydrogen) atoms. The fraction of sp³-hybridized carbons (Fsp3) is 0.273. The highest BCUT2D eigenvalue weighted by atomic mass is 16.1. The van der Waals surface area contributed by atoms with Crippen molar-refractivity contribution in [3.8, 4) is 0 Å². The smallest absolute Gasteiger partial charge is 0.232 e. The summed E-state index contributed by atoms with van der Waals surface area (Å²) in [6, 6.07) is 19.9. The second kappa shape index (κ2) is 9.56. The van der Waals surface area contributed by atoms with Crippen molar-refractivity contribution in [3.05, 3.63) is 90.5 Å². The van der Waals surface area contributed by atoms with Crippen molar-refractivity contribution in [1.82, 2.24) is 14.9 Å². The predicted molar refractivity (Wildman–Crippen MR) is 104 cm³/mol. The van der Waals surface area contributed by atoms with Crippen LogP contribution >= 0.6 is 0 Å². The van der Waals surface area contributed by atoms with Crippen LogP contribution in [-0.4, -0.2) is 22.0 Å². The average Bonchev–Trinajstić information content (AvgIpc) is 3.20. The van der Waals surface area contributed by atoms with E-state index in [0.29, 0.717) is 6.54 Å². The molecule has 1 heterocycles. The summed E-state index contributed by atoms with van der Waals surface area (Å²) in [7, 11) is 0. The molecule has 1 amide bonds. The maximum absolute atomic E-state index is 12.8. The molecule has 1 N–H and O–H groups in total. The van der Waals surface area contributed by atoms with E-state index in [1.54, 1.807) is 6.20 Å². The Bertz CT molecular complexity index is 730. The molecule has 0 radical (unpaired) electrons. The maximum Gasteiger partial charge on any atom is 0.232 e. The van der Waals surface area contributed by atoms with E-state index in [9.17, 15) is 4.79 Å². The van der Waals surface area contributed by atoms with Crippen LogP contribution in [0.15, 0.2) is 79.4 Å². The SMILES string of the molecule is O=C(NCCCCCn1ccnc1)C(c1ccccc1)c1ccccc1. The minimum Gasteiger partial charge on any atom is -0.355 e. The van der Waals surface area contributed by atoms with E-state index < -0.39 is 0 Å². The first-order valence-corrected chi connectivity index (χ1v) is 9.18. The van der Waals surface area contributed by atoms with Gasteiger partial charge < -0.3 is 9.88 Å². The van der Waals surface area contributed by atoms with Crippen LogP contribution in [0.1, 0.15) is 36.3 Å². The number of hydrogen-bond acceptors (Lipinski definition) is 2. The molecule has 134 valence electrons. The van der Waals surface area contributed by atoms with E-state index in [0.717, 1.165) is 36.9 Å². The van der Waals surface area contributed by atoms with Crippen molar-refractivity contribution >= 4 is 5.91 Å².